The number of urea groups is 1. The van der Waals surface area contributed by atoms with Crippen LogP contribution in [0.3, 0.4) is 0 Å². The third-order valence-electron chi connectivity index (χ3n) is 5.48. The van der Waals surface area contributed by atoms with Crippen molar-refractivity contribution >= 4 is 11.6 Å². The molecule has 1 aliphatic heterocycles. The molecule has 2 heterocycles. The minimum absolute atomic E-state index is 0.213. The number of hydrogen-bond acceptors (Lipinski definition) is 6. The van der Waals surface area contributed by atoms with Crippen molar-refractivity contribution in [2.45, 2.75) is 19.9 Å². The molecule has 166 valence electrons. The van der Waals surface area contributed by atoms with E-state index in [0.717, 1.165) is 28.0 Å². The van der Waals surface area contributed by atoms with Crippen molar-refractivity contribution in [1.29, 1.82) is 0 Å². The van der Waals surface area contributed by atoms with Crippen molar-refractivity contribution in [1.82, 2.24) is 20.4 Å². The van der Waals surface area contributed by atoms with Crippen LogP contribution in [0.5, 0.6) is 5.75 Å². The maximum absolute atomic E-state index is 12.9. The van der Waals surface area contributed by atoms with E-state index in [1.807, 2.05) is 62.4 Å². The number of carbonyl (C=O) groups excluding carboxylic acids is 1. The molecule has 8 heteroatoms. The van der Waals surface area contributed by atoms with Gasteiger partial charge < -0.3 is 19.3 Å². The van der Waals surface area contributed by atoms with Crippen LogP contribution in [0.15, 0.2) is 58.8 Å². The normalized spacial score (nSPS) is 16.3. The molecular formula is C24H26N4O4. The van der Waals surface area contributed by atoms with E-state index in [-0.39, 0.29) is 6.03 Å². The third-order valence-corrected chi connectivity index (χ3v) is 5.48. The second-order valence-electron chi connectivity index (χ2n) is 7.60. The van der Waals surface area contributed by atoms with Gasteiger partial charge in [0, 0.05) is 18.4 Å². The summed E-state index contributed by atoms with van der Waals surface area (Å²) < 4.78 is 16.3. The lowest BCUT2D eigenvalue weighted by atomic mass is 9.94. The number of amides is 2. The average molecular weight is 434 g/mol. The van der Waals surface area contributed by atoms with Crippen LogP contribution in [-0.2, 0) is 4.74 Å². The molecule has 4 rings (SSSR count). The molecule has 1 aliphatic rings. The lowest BCUT2D eigenvalue weighted by molar-refractivity contribution is 0.158. The molecule has 0 aliphatic carbocycles. The minimum atomic E-state index is -0.470. The van der Waals surface area contributed by atoms with Crippen molar-refractivity contribution in [3.05, 3.63) is 71.2 Å². The molecule has 0 saturated carbocycles. The number of methoxy groups -OCH3 is 2. The molecular weight excluding hydrogens is 408 g/mol. The van der Waals surface area contributed by atoms with Gasteiger partial charge in [-0.05, 0) is 37.6 Å². The Morgan fingerprint density at radius 2 is 1.94 bits per heavy atom. The molecule has 1 unspecified atom stereocenters. The van der Waals surface area contributed by atoms with Gasteiger partial charge in [0.25, 0.3) is 5.89 Å². The standard InChI is InChI=1S/C24H26N4O4/c1-15-7-5-9-18(13-15)22-26-23(32-27-22)20-16(2)28(11-12-30-3)24(29)25-21(20)17-8-6-10-19(14-17)31-4/h5-10,13-14,21H,11-12H2,1-4H3,(H,25,29). The van der Waals surface area contributed by atoms with Gasteiger partial charge in [-0.15, -0.1) is 0 Å². The fourth-order valence-corrected chi connectivity index (χ4v) is 3.82. The van der Waals surface area contributed by atoms with Crippen LogP contribution in [0.4, 0.5) is 4.79 Å². The maximum atomic E-state index is 12.9. The number of benzene rings is 2. The van der Waals surface area contributed by atoms with Gasteiger partial charge in [0.15, 0.2) is 0 Å². The monoisotopic (exact) mass is 434 g/mol. The summed E-state index contributed by atoms with van der Waals surface area (Å²) in [4.78, 5) is 19.2. The summed E-state index contributed by atoms with van der Waals surface area (Å²) in [6, 6.07) is 14.8. The van der Waals surface area contributed by atoms with Crippen LogP contribution in [0.25, 0.3) is 17.0 Å². The first-order valence-electron chi connectivity index (χ1n) is 10.3. The Kier molecular flexibility index (Phi) is 6.23. The fraction of sp³-hybridized carbons (Fsp3) is 0.292. The van der Waals surface area contributed by atoms with Crippen LogP contribution in [0, 0.1) is 6.92 Å². The van der Waals surface area contributed by atoms with E-state index in [9.17, 15) is 4.79 Å². The Bertz CT molecular complexity index is 1150. The van der Waals surface area contributed by atoms with Crippen LogP contribution in [0.2, 0.25) is 0 Å². The van der Waals surface area contributed by atoms with Gasteiger partial charge in [0.2, 0.25) is 5.82 Å². The van der Waals surface area contributed by atoms with Crippen LogP contribution < -0.4 is 10.1 Å². The predicted octanol–water partition coefficient (Wildman–Crippen LogP) is 4.20. The quantitative estimate of drug-likeness (QED) is 0.600. The summed E-state index contributed by atoms with van der Waals surface area (Å²) in [5.74, 6) is 1.55. The Labute approximate surface area is 186 Å². The highest BCUT2D eigenvalue weighted by molar-refractivity contribution is 5.87. The molecule has 0 saturated heterocycles. The molecule has 8 nitrogen and oxygen atoms in total. The summed E-state index contributed by atoms with van der Waals surface area (Å²) in [5.41, 5.74) is 4.30. The van der Waals surface area contributed by atoms with Crippen LogP contribution in [-0.4, -0.2) is 48.4 Å². The predicted molar refractivity (Wildman–Crippen MR) is 120 cm³/mol. The number of rotatable bonds is 7. The number of carbonyl (C=O) groups is 1. The van der Waals surface area contributed by atoms with Gasteiger partial charge in [-0.25, -0.2) is 4.79 Å². The summed E-state index contributed by atoms with van der Waals surface area (Å²) in [7, 11) is 3.21. The molecule has 0 spiro atoms. The first-order valence-corrected chi connectivity index (χ1v) is 10.3. The highest BCUT2D eigenvalue weighted by Gasteiger charge is 2.35. The zero-order valence-electron chi connectivity index (χ0n) is 18.6. The number of allylic oxidation sites excluding steroid dienone is 1. The smallest absolute Gasteiger partial charge is 0.322 e. The Morgan fingerprint density at radius 3 is 2.69 bits per heavy atom. The van der Waals surface area contributed by atoms with Gasteiger partial charge in [0.05, 0.1) is 31.9 Å². The van der Waals surface area contributed by atoms with E-state index in [2.05, 4.69) is 15.5 Å². The van der Waals surface area contributed by atoms with E-state index >= 15 is 0 Å². The number of aromatic nitrogens is 2. The Morgan fingerprint density at radius 1 is 1.12 bits per heavy atom. The molecule has 0 radical (unpaired) electrons. The lowest BCUT2D eigenvalue weighted by Gasteiger charge is -2.35. The first kappa shape index (κ1) is 21.6. The molecule has 0 fully saturated rings. The molecule has 3 aromatic rings. The summed E-state index contributed by atoms with van der Waals surface area (Å²) in [6.07, 6.45) is 0. The van der Waals surface area contributed by atoms with Crippen LogP contribution in [0.1, 0.15) is 30.0 Å². The summed E-state index contributed by atoms with van der Waals surface area (Å²) in [5, 5.41) is 7.27. The van der Waals surface area contributed by atoms with E-state index < -0.39 is 6.04 Å². The van der Waals surface area contributed by atoms with Gasteiger partial charge in [-0.3, -0.25) is 4.90 Å². The molecule has 1 atom stereocenters. The maximum Gasteiger partial charge on any atom is 0.322 e. The highest BCUT2D eigenvalue weighted by Crippen LogP contribution is 2.38. The van der Waals surface area contributed by atoms with Crippen molar-refractivity contribution in [2.24, 2.45) is 0 Å². The molecule has 1 aromatic heterocycles. The highest BCUT2D eigenvalue weighted by atomic mass is 16.5. The molecule has 1 N–H and O–H groups in total. The topological polar surface area (TPSA) is 89.7 Å². The van der Waals surface area contributed by atoms with Gasteiger partial charge in [-0.2, -0.15) is 4.98 Å². The van der Waals surface area contributed by atoms with E-state index in [0.29, 0.717) is 30.6 Å². The number of ether oxygens (including phenoxy) is 2. The summed E-state index contributed by atoms with van der Waals surface area (Å²) in [6.45, 7) is 4.70. The number of aryl methyl sites for hydroxylation is 1. The minimum Gasteiger partial charge on any atom is -0.497 e. The van der Waals surface area contributed by atoms with Crippen molar-refractivity contribution in [3.63, 3.8) is 0 Å². The average Bonchev–Trinajstić information content (AvgIpc) is 3.28. The zero-order valence-corrected chi connectivity index (χ0v) is 18.6. The molecule has 2 aromatic carbocycles. The molecule has 32 heavy (non-hydrogen) atoms. The van der Waals surface area contributed by atoms with Gasteiger partial charge in [0.1, 0.15) is 5.75 Å². The Hall–Kier alpha value is -3.65. The second-order valence-corrected chi connectivity index (χ2v) is 7.60. The SMILES string of the molecule is COCCN1C(=O)NC(c2cccc(OC)c2)C(c2nc(-c3cccc(C)c3)no2)=C1C. The fourth-order valence-electron chi connectivity index (χ4n) is 3.82. The number of nitrogens with zero attached hydrogens (tertiary/aromatic N) is 3. The second kappa shape index (κ2) is 9.23. The molecule has 0 bridgehead atoms. The summed E-state index contributed by atoms with van der Waals surface area (Å²) >= 11 is 0. The third kappa shape index (κ3) is 4.22. The van der Waals surface area contributed by atoms with E-state index in [1.54, 1.807) is 19.1 Å². The number of hydrogen-bond donors (Lipinski definition) is 1. The van der Waals surface area contributed by atoms with E-state index in [1.165, 1.54) is 0 Å². The first-order chi connectivity index (χ1) is 15.5. The van der Waals surface area contributed by atoms with E-state index in [4.69, 9.17) is 14.0 Å². The van der Waals surface area contributed by atoms with Crippen molar-refractivity contribution in [2.75, 3.05) is 27.4 Å². The number of nitrogens with one attached hydrogen (secondary N) is 1. The van der Waals surface area contributed by atoms with Gasteiger partial charge in [-0.1, -0.05) is 41.1 Å². The lowest BCUT2D eigenvalue weighted by Crippen LogP contribution is -2.47. The van der Waals surface area contributed by atoms with Gasteiger partial charge >= 0.3 is 6.03 Å². The van der Waals surface area contributed by atoms with Crippen LogP contribution >= 0.6 is 0 Å². The molecule has 2 amide bonds. The zero-order chi connectivity index (χ0) is 22.7. The van der Waals surface area contributed by atoms with Crippen molar-refractivity contribution in [3.8, 4) is 17.1 Å². The van der Waals surface area contributed by atoms with Crippen molar-refractivity contribution < 1.29 is 18.8 Å². The Balaban J connectivity index is 1.81. The largest absolute Gasteiger partial charge is 0.497 e.